The minimum atomic E-state index is -5.70. The largest absolute Gasteiger partial charge is 0.490 e. The minimum absolute atomic E-state index is 0. The molecule has 25 heteroatoms. The molecule has 0 amide bonds. The predicted molar refractivity (Wildman–Crippen MR) is 117 cm³/mol. The molecular weight excluding hydrogens is 547 g/mol. The Labute approximate surface area is 196 Å². The van der Waals surface area contributed by atoms with Gasteiger partial charge < -0.3 is 48.9 Å². The average molecular weight is 575 g/mol. The molecule has 1 saturated heterocycles. The van der Waals surface area contributed by atoms with Gasteiger partial charge >= 0.3 is 29.2 Å². The highest BCUT2D eigenvalue weighted by Gasteiger charge is 2.43. The van der Waals surface area contributed by atoms with E-state index in [2.05, 4.69) is 23.2 Å². The van der Waals surface area contributed by atoms with E-state index in [4.69, 9.17) is 24.9 Å². The summed E-state index contributed by atoms with van der Waals surface area (Å²) in [4.78, 5) is 63.7. The second-order valence-electron chi connectivity index (χ2n) is 6.00. The lowest BCUT2D eigenvalue weighted by Gasteiger charge is -2.19. The van der Waals surface area contributed by atoms with E-state index in [1.165, 1.54) is 13.1 Å². The standard InChI is InChI=1S/C10H16N5O13P3.4H3N/c1-5-3-15(10(17)12-9(5)16)8-2-6(13-14-11)7(26-8)4-25-30(21,22)28-31(23,24)27-29(18,19)20;;;;/h3,6-8H,2,4H2,1H3,(H,21,22)(H,23,24)(H,12,16,17)(H2,18,19,20);4*1H3/t6?,7-,8-;;;;/m1..../s1. The number of rotatable bonds is 9. The van der Waals surface area contributed by atoms with Crippen molar-refractivity contribution in [2.75, 3.05) is 6.61 Å². The number of aromatic amines is 1. The summed E-state index contributed by atoms with van der Waals surface area (Å²) < 4.78 is 51.8. The van der Waals surface area contributed by atoms with Crippen LogP contribution < -0.4 is 35.9 Å². The maximum absolute atomic E-state index is 12.0. The monoisotopic (exact) mass is 575 g/mol. The normalized spacial score (nSPS) is 22.5. The van der Waals surface area contributed by atoms with Crippen LogP contribution in [0.25, 0.3) is 10.4 Å². The van der Waals surface area contributed by atoms with E-state index in [-0.39, 0.29) is 36.6 Å². The fraction of sp³-hybridized carbons (Fsp3) is 0.600. The van der Waals surface area contributed by atoms with Crippen molar-refractivity contribution in [2.24, 2.45) is 5.11 Å². The number of phosphoric acid groups is 3. The highest BCUT2D eigenvalue weighted by atomic mass is 31.3. The molecule has 1 aromatic rings. The van der Waals surface area contributed by atoms with Crippen molar-refractivity contribution in [2.45, 2.75) is 31.7 Å². The molecule has 17 N–H and O–H groups in total. The lowest BCUT2D eigenvalue weighted by Crippen LogP contribution is -2.33. The van der Waals surface area contributed by atoms with Gasteiger partial charge in [0, 0.05) is 23.1 Å². The van der Waals surface area contributed by atoms with Crippen LogP contribution in [0.1, 0.15) is 18.2 Å². The molecule has 1 fully saturated rings. The van der Waals surface area contributed by atoms with Gasteiger partial charge in [0.1, 0.15) is 6.23 Å². The first kappa shape index (κ1) is 37.7. The van der Waals surface area contributed by atoms with E-state index in [1.54, 1.807) is 0 Å². The third-order valence-corrected chi connectivity index (χ3v) is 7.48. The van der Waals surface area contributed by atoms with Crippen molar-refractivity contribution >= 4 is 23.5 Å². The SMILES string of the molecule is Cc1cn([C@H]2CC(N=[N+]=[N-])[C@@H](COP(=O)(O)OP(=O)(O)OP(=O)(O)O)O2)c(=O)[nH]c1=O.N.N.N.N. The van der Waals surface area contributed by atoms with E-state index in [0.717, 1.165) is 4.57 Å². The molecule has 0 aliphatic carbocycles. The molecule has 0 saturated carbocycles. The molecule has 1 aliphatic rings. The van der Waals surface area contributed by atoms with Crippen LogP contribution in [-0.2, 0) is 31.6 Å². The first-order valence-corrected chi connectivity index (χ1v) is 12.4. The third kappa shape index (κ3) is 11.2. The lowest BCUT2D eigenvalue weighted by molar-refractivity contribution is -0.0267. The molecule has 1 aromatic heterocycles. The van der Waals surface area contributed by atoms with E-state index in [9.17, 15) is 28.2 Å². The molecular formula is C10H28N9O13P3. The van der Waals surface area contributed by atoms with Gasteiger partial charge in [-0.25, -0.2) is 18.5 Å². The maximum Gasteiger partial charge on any atom is 0.490 e. The van der Waals surface area contributed by atoms with Gasteiger partial charge in [-0.2, -0.15) is 8.62 Å². The number of hydrogen-bond donors (Lipinski definition) is 9. The molecule has 3 unspecified atom stereocenters. The predicted octanol–water partition coefficient (Wildman–Crippen LogP) is 0.803. The van der Waals surface area contributed by atoms with Gasteiger partial charge in [0.25, 0.3) is 5.56 Å². The summed E-state index contributed by atoms with van der Waals surface area (Å²) in [7, 11) is -16.7. The van der Waals surface area contributed by atoms with Crippen LogP contribution in [0.3, 0.4) is 0 Å². The summed E-state index contributed by atoms with van der Waals surface area (Å²) in [6.45, 7) is 0.544. The van der Waals surface area contributed by atoms with Crippen molar-refractivity contribution < 1.29 is 51.2 Å². The second-order valence-corrected chi connectivity index (χ2v) is 10.4. The summed E-state index contributed by atoms with van der Waals surface area (Å²) in [6, 6.07) is -1.04. The zero-order valence-electron chi connectivity index (χ0n) is 18.1. The Kier molecular flexibility index (Phi) is 15.2. The Morgan fingerprint density at radius 1 is 1.14 bits per heavy atom. The summed E-state index contributed by atoms with van der Waals surface area (Å²) in [6.07, 6.45) is -1.26. The van der Waals surface area contributed by atoms with E-state index < -0.39 is 59.7 Å². The number of ether oxygens (including phenoxy) is 1. The van der Waals surface area contributed by atoms with Gasteiger partial charge in [0.15, 0.2) is 0 Å². The number of aromatic nitrogens is 2. The molecule has 1 aliphatic heterocycles. The zero-order valence-corrected chi connectivity index (χ0v) is 20.8. The smallest absolute Gasteiger partial charge is 0.352 e. The van der Waals surface area contributed by atoms with Crippen molar-refractivity contribution in [3.05, 3.63) is 43.0 Å². The summed E-state index contributed by atoms with van der Waals surface area (Å²) in [5.74, 6) is 0. The molecule has 2 heterocycles. The number of aryl methyl sites for hydroxylation is 1. The van der Waals surface area contributed by atoms with Gasteiger partial charge in [0.2, 0.25) is 0 Å². The Balaban J connectivity index is -0.00000256. The van der Waals surface area contributed by atoms with E-state index in [0.29, 0.717) is 0 Å². The number of phosphoric ester groups is 1. The van der Waals surface area contributed by atoms with E-state index in [1.807, 2.05) is 4.98 Å². The Hall–Kier alpha value is -1.80. The van der Waals surface area contributed by atoms with Crippen LogP contribution in [0.2, 0.25) is 0 Å². The van der Waals surface area contributed by atoms with E-state index >= 15 is 0 Å². The fourth-order valence-electron chi connectivity index (χ4n) is 2.49. The number of H-pyrrole nitrogens is 1. The summed E-state index contributed by atoms with van der Waals surface area (Å²) in [5.41, 5.74) is 7.38. The number of azide groups is 1. The molecule has 5 atom stereocenters. The molecule has 0 bridgehead atoms. The number of hydrogen-bond acceptors (Lipinski definition) is 14. The van der Waals surface area contributed by atoms with Crippen LogP contribution >= 0.6 is 23.5 Å². The topological polar surface area (TPSA) is 413 Å². The van der Waals surface area contributed by atoms with Crippen molar-refractivity contribution in [1.82, 2.24) is 34.2 Å². The quantitative estimate of drug-likeness (QED) is 0.0850. The molecule has 0 aromatic carbocycles. The average Bonchev–Trinajstić information content (AvgIpc) is 2.96. The Bertz CT molecular complexity index is 1140. The maximum atomic E-state index is 12.0. The molecule has 22 nitrogen and oxygen atoms in total. The Morgan fingerprint density at radius 3 is 2.23 bits per heavy atom. The minimum Gasteiger partial charge on any atom is -0.352 e. The van der Waals surface area contributed by atoms with Crippen molar-refractivity contribution in [3.63, 3.8) is 0 Å². The van der Waals surface area contributed by atoms with Crippen LogP contribution in [0.15, 0.2) is 20.9 Å². The highest BCUT2D eigenvalue weighted by Crippen LogP contribution is 2.66. The first-order chi connectivity index (χ1) is 14.1. The molecule has 206 valence electrons. The van der Waals surface area contributed by atoms with Crippen LogP contribution in [0.4, 0.5) is 0 Å². The van der Waals surface area contributed by atoms with Crippen molar-refractivity contribution in [3.8, 4) is 0 Å². The second kappa shape index (κ2) is 14.1. The van der Waals surface area contributed by atoms with Gasteiger partial charge in [-0.1, -0.05) is 5.11 Å². The lowest BCUT2D eigenvalue weighted by atomic mass is 10.1. The molecule has 0 spiro atoms. The first-order valence-electron chi connectivity index (χ1n) is 7.92. The molecule has 35 heavy (non-hydrogen) atoms. The van der Waals surface area contributed by atoms with Crippen molar-refractivity contribution in [1.29, 1.82) is 0 Å². The molecule has 0 radical (unpaired) electrons. The van der Waals surface area contributed by atoms with Gasteiger partial charge in [-0.3, -0.25) is 18.9 Å². The fourth-order valence-corrected chi connectivity index (χ4v) is 5.52. The third-order valence-electron chi connectivity index (χ3n) is 3.68. The number of nitrogens with zero attached hydrogens (tertiary/aromatic N) is 4. The number of nitrogens with one attached hydrogen (secondary N) is 1. The van der Waals surface area contributed by atoms with Gasteiger partial charge in [-0.15, -0.1) is 0 Å². The van der Waals surface area contributed by atoms with Crippen LogP contribution in [0, 0.1) is 6.92 Å². The molecule has 2 rings (SSSR count). The van der Waals surface area contributed by atoms with Gasteiger partial charge in [-0.05, 0) is 12.5 Å². The highest BCUT2D eigenvalue weighted by molar-refractivity contribution is 7.66. The van der Waals surface area contributed by atoms with Crippen LogP contribution in [0.5, 0.6) is 0 Å². The Morgan fingerprint density at radius 2 is 1.71 bits per heavy atom. The van der Waals surface area contributed by atoms with Crippen LogP contribution in [-0.4, -0.2) is 47.9 Å². The summed E-state index contributed by atoms with van der Waals surface area (Å²) >= 11 is 0. The summed E-state index contributed by atoms with van der Waals surface area (Å²) in [5, 5.41) is 3.42. The zero-order chi connectivity index (χ0) is 23.6. The van der Waals surface area contributed by atoms with Gasteiger partial charge in [0.05, 0.1) is 18.8 Å².